The van der Waals surface area contributed by atoms with E-state index in [2.05, 4.69) is 37.9 Å². The van der Waals surface area contributed by atoms with Gasteiger partial charge in [-0.05, 0) is 43.8 Å². The van der Waals surface area contributed by atoms with E-state index in [0.717, 1.165) is 16.6 Å². The molecule has 0 fully saturated rings. The molecule has 9 heteroatoms. The maximum atomic E-state index is 13.8. The highest BCUT2D eigenvalue weighted by Gasteiger charge is 2.18. The fourth-order valence-corrected chi connectivity index (χ4v) is 3.64. The average Bonchev–Trinajstić information content (AvgIpc) is 2.74. The molecule has 1 amide bonds. The number of nitrogens with zero attached hydrogens (tertiary/aromatic N) is 3. The lowest BCUT2D eigenvalue weighted by atomic mass is 10.1. The first-order valence-electron chi connectivity index (χ1n) is 9.26. The van der Waals surface area contributed by atoms with E-state index in [1.165, 1.54) is 12.4 Å². The van der Waals surface area contributed by atoms with Gasteiger partial charge < -0.3 is 15.8 Å². The molecule has 0 unspecified atom stereocenters. The van der Waals surface area contributed by atoms with Crippen LogP contribution in [0.5, 0.6) is 5.75 Å². The van der Waals surface area contributed by atoms with Crippen molar-refractivity contribution in [1.82, 2.24) is 14.9 Å². The summed E-state index contributed by atoms with van der Waals surface area (Å²) in [6.07, 6.45) is 1.47. The molecule has 0 aliphatic heterocycles. The first-order valence-corrected chi connectivity index (χ1v) is 10.8. The Morgan fingerprint density at radius 2 is 2.07 bits per heavy atom. The largest absolute Gasteiger partial charge is 0.496 e. The van der Waals surface area contributed by atoms with E-state index in [0.29, 0.717) is 33.6 Å². The minimum absolute atomic E-state index is 0.235. The summed E-state index contributed by atoms with van der Waals surface area (Å²) in [7, 11) is 3.41. The predicted molar refractivity (Wildman–Crippen MR) is 124 cm³/mol. The molecule has 3 rings (SSSR count). The zero-order chi connectivity index (χ0) is 21.8. The zero-order valence-corrected chi connectivity index (χ0v) is 19.1. The van der Waals surface area contributed by atoms with Gasteiger partial charge in [-0.1, -0.05) is 22.6 Å². The van der Waals surface area contributed by atoms with Crippen molar-refractivity contribution in [2.24, 2.45) is 5.73 Å². The molecule has 7 nitrogen and oxygen atoms in total. The van der Waals surface area contributed by atoms with Gasteiger partial charge in [0.25, 0.3) is 0 Å². The lowest BCUT2D eigenvalue weighted by Crippen LogP contribution is -2.39. The van der Waals surface area contributed by atoms with E-state index >= 15 is 0 Å². The monoisotopic (exact) mass is 523 g/mol. The van der Waals surface area contributed by atoms with Gasteiger partial charge in [-0.25, -0.2) is 14.4 Å². The summed E-state index contributed by atoms with van der Waals surface area (Å²) in [4.78, 5) is 22.1. The Bertz CT molecular complexity index is 1080. The number of ether oxygens (including phenoxy) is 1. The number of carbonyl (C=O) groups is 1. The van der Waals surface area contributed by atoms with E-state index in [4.69, 9.17) is 10.5 Å². The SMILES string of the molecule is COc1cc2ncnc(Nc3ccc(F)c(CI)c3)c2cc1CN(C)[C@H](C)C(N)=O. The standard InChI is InChI=1S/C21H23FIN5O2/c1-12(20(24)29)28(2)10-14-7-16-18(8-19(14)30-3)25-11-26-21(16)27-15-4-5-17(22)13(6-15)9-23/h4-8,11-12H,9-10H2,1-3H3,(H2,24,29)(H,25,26,27)/t12-/m1/s1. The number of halogens is 2. The van der Waals surface area contributed by atoms with Crippen molar-refractivity contribution in [2.75, 3.05) is 19.5 Å². The summed E-state index contributed by atoms with van der Waals surface area (Å²) in [5, 5.41) is 4.04. The number of carbonyl (C=O) groups excluding carboxylic acids is 1. The molecule has 1 aromatic heterocycles. The number of benzene rings is 2. The van der Waals surface area contributed by atoms with Crippen molar-refractivity contribution >= 4 is 50.9 Å². The molecular weight excluding hydrogens is 500 g/mol. The smallest absolute Gasteiger partial charge is 0.234 e. The van der Waals surface area contributed by atoms with E-state index < -0.39 is 11.9 Å². The second-order valence-corrected chi connectivity index (χ2v) is 7.72. The highest BCUT2D eigenvalue weighted by Crippen LogP contribution is 2.31. The predicted octanol–water partition coefficient (Wildman–Crippen LogP) is 3.76. The first kappa shape index (κ1) is 22.2. The second kappa shape index (κ2) is 9.52. The molecule has 3 N–H and O–H groups in total. The second-order valence-electron chi connectivity index (χ2n) is 6.96. The van der Waals surface area contributed by atoms with Crippen LogP contribution in [-0.4, -0.2) is 41.0 Å². The van der Waals surface area contributed by atoms with Crippen LogP contribution in [0.15, 0.2) is 36.7 Å². The van der Waals surface area contributed by atoms with Gasteiger partial charge in [0.05, 0.1) is 18.7 Å². The van der Waals surface area contributed by atoms with Crippen molar-refractivity contribution in [1.29, 1.82) is 0 Å². The molecule has 2 aromatic carbocycles. The molecular formula is C21H23FIN5O2. The number of likely N-dealkylation sites (N-methyl/N-ethyl adjacent to an activating group) is 1. The summed E-state index contributed by atoms with van der Waals surface area (Å²) in [6.45, 7) is 2.21. The Morgan fingerprint density at radius 1 is 1.30 bits per heavy atom. The quantitative estimate of drug-likeness (QED) is 0.345. The molecule has 1 heterocycles. The lowest BCUT2D eigenvalue weighted by molar-refractivity contribution is -0.122. The van der Waals surface area contributed by atoms with Crippen LogP contribution >= 0.6 is 22.6 Å². The third kappa shape index (κ3) is 4.78. The Morgan fingerprint density at radius 3 is 2.73 bits per heavy atom. The molecule has 0 aliphatic carbocycles. The van der Waals surface area contributed by atoms with Crippen LogP contribution in [0.4, 0.5) is 15.9 Å². The minimum Gasteiger partial charge on any atom is -0.496 e. The number of amides is 1. The minimum atomic E-state index is -0.430. The maximum absolute atomic E-state index is 13.8. The normalized spacial score (nSPS) is 12.2. The lowest BCUT2D eigenvalue weighted by Gasteiger charge is -2.23. The van der Waals surface area contributed by atoms with Gasteiger partial charge in [-0.2, -0.15) is 0 Å². The van der Waals surface area contributed by atoms with E-state index in [-0.39, 0.29) is 5.82 Å². The van der Waals surface area contributed by atoms with Crippen LogP contribution in [0.2, 0.25) is 0 Å². The Labute approximate surface area is 188 Å². The highest BCUT2D eigenvalue weighted by atomic mass is 127. The van der Waals surface area contributed by atoms with Gasteiger partial charge in [0.1, 0.15) is 23.7 Å². The molecule has 0 spiro atoms. The van der Waals surface area contributed by atoms with E-state index in [9.17, 15) is 9.18 Å². The maximum Gasteiger partial charge on any atom is 0.234 e. The third-order valence-electron chi connectivity index (χ3n) is 4.98. The van der Waals surface area contributed by atoms with Crippen LogP contribution in [0, 0.1) is 5.82 Å². The number of fused-ring (bicyclic) bond motifs is 1. The number of anilines is 2. The number of alkyl halides is 1. The van der Waals surface area contributed by atoms with Gasteiger partial charge in [-0.15, -0.1) is 0 Å². The molecule has 0 radical (unpaired) electrons. The number of nitrogens with two attached hydrogens (primary N) is 1. The fourth-order valence-electron chi connectivity index (χ4n) is 3.06. The number of primary amides is 1. The molecule has 0 saturated carbocycles. The average molecular weight is 523 g/mol. The van der Waals surface area contributed by atoms with Crippen molar-refractivity contribution in [3.8, 4) is 5.75 Å². The molecule has 30 heavy (non-hydrogen) atoms. The van der Waals surface area contributed by atoms with Gasteiger partial charge in [-0.3, -0.25) is 9.69 Å². The van der Waals surface area contributed by atoms with Crippen molar-refractivity contribution in [3.05, 3.63) is 53.6 Å². The Kier molecular flexibility index (Phi) is 7.03. The van der Waals surface area contributed by atoms with E-state index in [1.54, 1.807) is 26.2 Å². The summed E-state index contributed by atoms with van der Waals surface area (Å²) in [6, 6.07) is 8.22. The van der Waals surface area contributed by atoms with Crippen molar-refractivity contribution in [2.45, 2.75) is 23.9 Å². The number of hydrogen-bond acceptors (Lipinski definition) is 6. The zero-order valence-electron chi connectivity index (χ0n) is 16.9. The van der Waals surface area contributed by atoms with Crippen LogP contribution in [0.1, 0.15) is 18.1 Å². The number of methoxy groups -OCH3 is 1. The van der Waals surface area contributed by atoms with E-state index in [1.807, 2.05) is 24.1 Å². The Hall–Kier alpha value is -2.53. The number of hydrogen-bond donors (Lipinski definition) is 2. The molecule has 0 aliphatic rings. The molecule has 0 bridgehead atoms. The summed E-state index contributed by atoms with van der Waals surface area (Å²) in [5.74, 6) is 0.622. The van der Waals surface area contributed by atoms with Crippen molar-refractivity contribution in [3.63, 3.8) is 0 Å². The number of nitrogens with one attached hydrogen (secondary N) is 1. The van der Waals surface area contributed by atoms with Crippen molar-refractivity contribution < 1.29 is 13.9 Å². The third-order valence-corrected chi connectivity index (χ3v) is 5.80. The first-order chi connectivity index (χ1) is 14.3. The number of rotatable bonds is 8. The summed E-state index contributed by atoms with van der Waals surface area (Å²) < 4.78 is 19.9. The van der Waals surface area contributed by atoms with Crippen LogP contribution in [0.3, 0.4) is 0 Å². The topological polar surface area (TPSA) is 93.4 Å². The molecule has 158 valence electrons. The summed E-state index contributed by atoms with van der Waals surface area (Å²) in [5.41, 5.74) is 8.35. The molecule has 0 saturated heterocycles. The summed E-state index contributed by atoms with van der Waals surface area (Å²) >= 11 is 2.13. The molecule has 1 atom stereocenters. The number of aromatic nitrogens is 2. The van der Waals surface area contributed by atoms with Gasteiger partial charge in [0, 0.05) is 33.7 Å². The van der Waals surface area contributed by atoms with Gasteiger partial charge in [0.15, 0.2) is 0 Å². The van der Waals surface area contributed by atoms with Gasteiger partial charge in [0.2, 0.25) is 5.91 Å². The van der Waals surface area contributed by atoms with Crippen LogP contribution < -0.4 is 15.8 Å². The Balaban J connectivity index is 2.01. The highest BCUT2D eigenvalue weighted by molar-refractivity contribution is 14.1. The van der Waals surface area contributed by atoms with Crippen LogP contribution in [-0.2, 0) is 15.8 Å². The molecule has 3 aromatic rings. The van der Waals surface area contributed by atoms with Gasteiger partial charge >= 0.3 is 0 Å². The fraction of sp³-hybridized carbons (Fsp3) is 0.286. The van der Waals surface area contributed by atoms with Crippen LogP contribution in [0.25, 0.3) is 10.9 Å².